The Morgan fingerprint density at radius 2 is 1.73 bits per heavy atom. The van der Waals surface area contributed by atoms with E-state index in [9.17, 15) is 9.59 Å². The van der Waals surface area contributed by atoms with Gasteiger partial charge >= 0.3 is 0 Å². The minimum atomic E-state index is -0.477. The number of carbonyl (C=O) groups is 2. The van der Waals surface area contributed by atoms with Gasteiger partial charge in [-0.15, -0.1) is 0 Å². The molecule has 30 heavy (non-hydrogen) atoms. The summed E-state index contributed by atoms with van der Waals surface area (Å²) in [5, 5.41) is 2.87. The van der Waals surface area contributed by atoms with Gasteiger partial charge in [0.25, 0.3) is 0 Å². The van der Waals surface area contributed by atoms with Crippen molar-refractivity contribution in [3.63, 3.8) is 0 Å². The van der Waals surface area contributed by atoms with E-state index in [2.05, 4.69) is 5.32 Å². The third kappa shape index (κ3) is 6.90. The lowest BCUT2D eigenvalue weighted by Gasteiger charge is -2.31. The second kappa shape index (κ2) is 12.0. The second-order valence-corrected chi connectivity index (χ2v) is 7.53. The van der Waals surface area contributed by atoms with Gasteiger partial charge in [-0.1, -0.05) is 48.9 Å². The molecule has 2 aromatic rings. The summed E-state index contributed by atoms with van der Waals surface area (Å²) >= 11 is 0. The number of nitrogens with one attached hydrogen (secondary N) is 1. The van der Waals surface area contributed by atoms with Crippen molar-refractivity contribution >= 4 is 11.8 Å². The highest BCUT2D eigenvalue weighted by molar-refractivity contribution is 5.87. The minimum absolute atomic E-state index is 0.0242. The van der Waals surface area contributed by atoms with Crippen molar-refractivity contribution in [2.75, 3.05) is 13.2 Å². The lowest BCUT2D eigenvalue weighted by molar-refractivity contribution is -0.141. The van der Waals surface area contributed by atoms with Gasteiger partial charge in [0.05, 0.1) is 6.61 Å². The molecule has 0 aliphatic heterocycles. The van der Waals surface area contributed by atoms with E-state index < -0.39 is 6.04 Å². The Morgan fingerprint density at radius 1 is 1.03 bits per heavy atom. The lowest BCUT2D eigenvalue weighted by atomic mass is 10.1. The summed E-state index contributed by atoms with van der Waals surface area (Å²) in [7, 11) is 0. The Hall–Kier alpha value is -2.82. The van der Waals surface area contributed by atoms with Crippen molar-refractivity contribution in [3.05, 3.63) is 65.2 Å². The maximum absolute atomic E-state index is 13.1. The lowest BCUT2D eigenvalue weighted by Crippen LogP contribution is -2.49. The van der Waals surface area contributed by atoms with E-state index >= 15 is 0 Å². The number of likely N-dealkylation sites (N-methyl/N-ethyl adjacent to an activating group) is 1. The van der Waals surface area contributed by atoms with E-state index in [0.717, 1.165) is 16.9 Å². The normalized spacial score (nSPS) is 11.6. The molecule has 0 aliphatic carbocycles. The first-order valence-electron chi connectivity index (χ1n) is 10.8. The van der Waals surface area contributed by atoms with Gasteiger partial charge in [0.1, 0.15) is 11.8 Å². The van der Waals surface area contributed by atoms with Gasteiger partial charge in [-0.2, -0.15) is 0 Å². The zero-order chi connectivity index (χ0) is 21.9. The van der Waals surface area contributed by atoms with Crippen molar-refractivity contribution in [1.82, 2.24) is 10.2 Å². The monoisotopic (exact) mass is 410 g/mol. The number of hydrogen-bond acceptors (Lipinski definition) is 3. The third-order valence-electron chi connectivity index (χ3n) is 5.16. The summed E-state index contributed by atoms with van der Waals surface area (Å²) in [6.07, 6.45) is 1.51. The van der Waals surface area contributed by atoms with Crippen molar-refractivity contribution in [3.8, 4) is 5.75 Å². The fourth-order valence-corrected chi connectivity index (χ4v) is 3.37. The molecule has 0 aromatic heterocycles. The van der Waals surface area contributed by atoms with Gasteiger partial charge in [-0.3, -0.25) is 9.59 Å². The predicted octanol–water partition coefficient (Wildman–Crippen LogP) is 4.41. The first-order valence-corrected chi connectivity index (χ1v) is 10.8. The fourth-order valence-electron chi connectivity index (χ4n) is 3.37. The number of aryl methyl sites for hydroxylation is 2. The maximum Gasteiger partial charge on any atom is 0.242 e. The Morgan fingerprint density at radius 3 is 2.37 bits per heavy atom. The number of carbonyl (C=O) groups excluding carboxylic acids is 2. The molecule has 0 bridgehead atoms. The van der Waals surface area contributed by atoms with Crippen LogP contribution in [0.25, 0.3) is 0 Å². The summed E-state index contributed by atoms with van der Waals surface area (Å²) in [4.78, 5) is 27.4. The van der Waals surface area contributed by atoms with Crippen LogP contribution in [0, 0.1) is 13.8 Å². The third-order valence-corrected chi connectivity index (χ3v) is 5.16. The van der Waals surface area contributed by atoms with Gasteiger partial charge < -0.3 is 15.0 Å². The van der Waals surface area contributed by atoms with E-state index in [1.165, 1.54) is 5.56 Å². The first-order chi connectivity index (χ1) is 14.5. The number of rotatable bonds is 11. The Kier molecular flexibility index (Phi) is 9.39. The van der Waals surface area contributed by atoms with E-state index in [1.807, 2.05) is 76.2 Å². The molecule has 162 valence electrons. The van der Waals surface area contributed by atoms with Gasteiger partial charge in [0, 0.05) is 19.5 Å². The molecule has 2 aromatic carbocycles. The molecular weight excluding hydrogens is 376 g/mol. The van der Waals surface area contributed by atoms with Crippen LogP contribution in [0.2, 0.25) is 0 Å². The highest BCUT2D eigenvalue weighted by atomic mass is 16.5. The Labute approximate surface area is 180 Å². The molecule has 0 fully saturated rings. The van der Waals surface area contributed by atoms with Gasteiger partial charge in [-0.05, 0) is 56.9 Å². The van der Waals surface area contributed by atoms with E-state index in [-0.39, 0.29) is 11.8 Å². The molecule has 5 nitrogen and oxygen atoms in total. The average Bonchev–Trinajstić information content (AvgIpc) is 2.73. The zero-order valence-corrected chi connectivity index (χ0v) is 18.6. The highest BCUT2D eigenvalue weighted by Crippen LogP contribution is 2.17. The maximum atomic E-state index is 13.1. The summed E-state index contributed by atoms with van der Waals surface area (Å²) in [6, 6.07) is 15.4. The van der Waals surface area contributed by atoms with Gasteiger partial charge in [0.15, 0.2) is 0 Å². The van der Waals surface area contributed by atoms with Crippen LogP contribution in [0.5, 0.6) is 5.75 Å². The molecule has 0 aliphatic rings. The summed E-state index contributed by atoms with van der Waals surface area (Å²) < 4.78 is 5.75. The van der Waals surface area contributed by atoms with Crippen LogP contribution < -0.4 is 10.1 Å². The molecule has 5 heteroatoms. The van der Waals surface area contributed by atoms with E-state index in [0.29, 0.717) is 39.0 Å². The molecule has 2 rings (SSSR count). The predicted molar refractivity (Wildman–Crippen MR) is 120 cm³/mol. The molecule has 1 unspecified atom stereocenters. The quantitative estimate of drug-likeness (QED) is 0.559. The smallest absolute Gasteiger partial charge is 0.242 e. The Bertz CT molecular complexity index is 817. The van der Waals surface area contributed by atoms with Crippen molar-refractivity contribution in [2.45, 2.75) is 59.5 Å². The molecule has 0 saturated carbocycles. The fraction of sp³-hybridized carbons (Fsp3) is 0.440. The summed E-state index contributed by atoms with van der Waals surface area (Å²) in [5.74, 6) is 0.681. The van der Waals surface area contributed by atoms with Gasteiger partial charge in [0.2, 0.25) is 11.8 Å². The topological polar surface area (TPSA) is 58.6 Å². The number of benzene rings is 2. The van der Waals surface area contributed by atoms with Crippen LogP contribution in [0.3, 0.4) is 0 Å². The number of amides is 2. The van der Waals surface area contributed by atoms with Crippen LogP contribution in [0.1, 0.15) is 49.8 Å². The minimum Gasteiger partial charge on any atom is -0.494 e. The molecule has 0 saturated heterocycles. The SMILES string of the molecule is CCNC(=O)C(CC)N(Cc1ccccc1C)C(=O)CCCOc1ccc(C)cc1. The number of nitrogens with zero attached hydrogens (tertiary/aromatic N) is 1. The molecule has 1 atom stereocenters. The van der Waals surface area contributed by atoms with Crippen LogP contribution in [0.15, 0.2) is 48.5 Å². The second-order valence-electron chi connectivity index (χ2n) is 7.53. The van der Waals surface area contributed by atoms with Crippen molar-refractivity contribution in [2.24, 2.45) is 0 Å². The molecular formula is C25H34N2O3. The number of ether oxygens (including phenoxy) is 1. The van der Waals surface area contributed by atoms with Crippen molar-refractivity contribution in [1.29, 1.82) is 0 Å². The van der Waals surface area contributed by atoms with Crippen LogP contribution in [-0.2, 0) is 16.1 Å². The molecule has 0 heterocycles. The zero-order valence-electron chi connectivity index (χ0n) is 18.6. The molecule has 0 spiro atoms. The standard InChI is InChI=1S/C25H34N2O3/c1-5-23(25(29)26-6-2)27(18-21-11-8-7-10-20(21)4)24(28)12-9-17-30-22-15-13-19(3)14-16-22/h7-8,10-11,13-16,23H,5-6,9,12,17-18H2,1-4H3,(H,26,29). The molecule has 1 N–H and O–H groups in total. The highest BCUT2D eigenvalue weighted by Gasteiger charge is 2.28. The van der Waals surface area contributed by atoms with Crippen LogP contribution in [-0.4, -0.2) is 35.9 Å². The Balaban J connectivity index is 2.04. The average molecular weight is 411 g/mol. The van der Waals surface area contributed by atoms with Crippen LogP contribution >= 0.6 is 0 Å². The van der Waals surface area contributed by atoms with E-state index in [1.54, 1.807) is 4.90 Å². The molecule has 0 radical (unpaired) electrons. The summed E-state index contributed by atoms with van der Waals surface area (Å²) in [6.45, 7) is 9.33. The summed E-state index contributed by atoms with van der Waals surface area (Å²) in [5.41, 5.74) is 3.36. The molecule has 2 amide bonds. The van der Waals surface area contributed by atoms with E-state index in [4.69, 9.17) is 4.74 Å². The largest absolute Gasteiger partial charge is 0.494 e. The van der Waals surface area contributed by atoms with Crippen LogP contribution in [0.4, 0.5) is 0 Å². The first kappa shape index (κ1) is 23.5. The van der Waals surface area contributed by atoms with Crippen molar-refractivity contribution < 1.29 is 14.3 Å². The van der Waals surface area contributed by atoms with Gasteiger partial charge in [-0.25, -0.2) is 0 Å². The number of hydrogen-bond donors (Lipinski definition) is 1.